The fourth-order valence-corrected chi connectivity index (χ4v) is 1.70. The molecule has 0 aliphatic rings. The molecule has 0 amide bonds. The Bertz CT molecular complexity index is 496. The van der Waals surface area contributed by atoms with Crippen LogP contribution in [0.3, 0.4) is 0 Å². The lowest BCUT2D eigenvalue weighted by Crippen LogP contribution is -2.17. The number of anilines is 1. The molecular formula is C13H15FN2O. The summed E-state index contributed by atoms with van der Waals surface area (Å²) in [4.78, 5) is 1.80. The second kappa shape index (κ2) is 5.01. The van der Waals surface area contributed by atoms with Crippen molar-refractivity contribution in [3.63, 3.8) is 0 Å². The summed E-state index contributed by atoms with van der Waals surface area (Å²) in [5.74, 6) is 1.28. The number of hydrogen-bond donors (Lipinski definition) is 1. The zero-order valence-electron chi connectivity index (χ0n) is 9.69. The van der Waals surface area contributed by atoms with Gasteiger partial charge in [0.05, 0.1) is 18.8 Å². The van der Waals surface area contributed by atoms with E-state index in [-0.39, 0.29) is 5.82 Å². The Morgan fingerprint density at radius 1 is 1.18 bits per heavy atom. The molecule has 90 valence electrons. The molecule has 0 spiro atoms. The van der Waals surface area contributed by atoms with E-state index in [1.807, 2.05) is 25.2 Å². The summed E-state index contributed by atoms with van der Waals surface area (Å²) in [6, 6.07) is 10.4. The third kappa shape index (κ3) is 2.65. The van der Waals surface area contributed by atoms with Crippen molar-refractivity contribution in [3.05, 3.63) is 53.7 Å². The van der Waals surface area contributed by atoms with Crippen LogP contribution in [0.1, 0.15) is 11.5 Å². The van der Waals surface area contributed by atoms with Crippen LogP contribution < -0.4 is 10.6 Å². The molecular weight excluding hydrogens is 219 g/mol. The number of nitrogens with two attached hydrogens (primary N) is 1. The van der Waals surface area contributed by atoms with Crippen LogP contribution in [0.4, 0.5) is 10.1 Å². The van der Waals surface area contributed by atoms with Crippen molar-refractivity contribution < 1.29 is 8.81 Å². The van der Waals surface area contributed by atoms with Gasteiger partial charge in [-0.25, -0.2) is 4.39 Å². The van der Waals surface area contributed by atoms with Gasteiger partial charge in [0.2, 0.25) is 0 Å². The summed E-state index contributed by atoms with van der Waals surface area (Å²) in [6.07, 6.45) is 0. The van der Waals surface area contributed by atoms with Crippen LogP contribution in [0.15, 0.2) is 40.8 Å². The van der Waals surface area contributed by atoms with E-state index in [9.17, 15) is 4.39 Å². The number of hydrogen-bond acceptors (Lipinski definition) is 3. The molecule has 17 heavy (non-hydrogen) atoms. The molecule has 0 aliphatic heterocycles. The number of benzene rings is 1. The Kier molecular flexibility index (Phi) is 3.44. The Morgan fingerprint density at radius 2 is 1.88 bits per heavy atom. The first-order valence-electron chi connectivity index (χ1n) is 5.44. The van der Waals surface area contributed by atoms with Crippen LogP contribution >= 0.6 is 0 Å². The quantitative estimate of drug-likeness (QED) is 0.883. The lowest BCUT2D eigenvalue weighted by molar-refractivity contribution is 0.464. The van der Waals surface area contributed by atoms with Crippen LogP contribution in [-0.4, -0.2) is 7.05 Å². The number of halogens is 1. The van der Waals surface area contributed by atoms with Crippen molar-refractivity contribution in [1.29, 1.82) is 0 Å². The highest BCUT2D eigenvalue weighted by Crippen LogP contribution is 2.19. The third-order valence-corrected chi connectivity index (χ3v) is 2.58. The van der Waals surface area contributed by atoms with E-state index in [1.54, 1.807) is 17.0 Å². The van der Waals surface area contributed by atoms with E-state index >= 15 is 0 Å². The van der Waals surface area contributed by atoms with Gasteiger partial charge in [-0.1, -0.05) is 12.1 Å². The maximum Gasteiger partial charge on any atom is 0.146 e. The smallest absolute Gasteiger partial charge is 0.146 e. The molecule has 1 aromatic carbocycles. The Hall–Kier alpha value is -1.81. The Balaban J connectivity index is 2.11. The lowest BCUT2D eigenvalue weighted by Gasteiger charge is -2.18. The largest absolute Gasteiger partial charge is 0.463 e. The van der Waals surface area contributed by atoms with Crippen LogP contribution in [0.2, 0.25) is 0 Å². The van der Waals surface area contributed by atoms with E-state index in [2.05, 4.69) is 0 Å². The molecule has 0 unspecified atom stereocenters. The standard InChI is InChI=1S/C13H15FN2O/c1-16(13-5-3-2-4-12(13)14)9-11-7-6-10(8-15)17-11/h2-7H,8-9,15H2,1H3. The zero-order valence-corrected chi connectivity index (χ0v) is 9.69. The number of nitrogens with zero attached hydrogens (tertiary/aromatic N) is 1. The van der Waals surface area contributed by atoms with Gasteiger partial charge in [0.25, 0.3) is 0 Å². The molecule has 0 saturated heterocycles. The summed E-state index contributed by atoms with van der Waals surface area (Å²) >= 11 is 0. The van der Waals surface area contributed by atoms with Gasteiger partial charge in [-0.3, -0.25) is 0 Å². The number of para-hydroxylation sites is 1. The van der Waals surface area contributed by atoms with Gasteiger partial charge in [-0.2, -0.15) is 0 Å². The highest BCUT2D eigenvalue weighted by Gasteiger charge is 2.09. The fraction of sp³-hybridized carbons (Fsp3) is 0.231. The summed E-state index contributed by atoms with van der Waals surface area (Å²) in [6.45, 7) is 0.893. The molecule has 0 fully saturated rings. The van der Waals surface area contributed by atoms with Crippen LogP contribution in [0.25, 0.3) is 0 Å². The molecule has 0 radical (unpaired) electrons. The first kappa shape index (κ1) is 11.7. The highest BCUT2D eigenvalue weighted by atomic mass is 19.1. The van der Waals surface area contributed by atoms with Gasteiger partial charge in [0.15, 0.2) is 0 Å². The summed E-state index contributed by atoms with van der Waals surface area (Å²) in [5, 5.41) is 0. The third-order valence-electron chi connectivity index (χ3n) is 2.58. The van der Waals surface area contributed by atoms with Crippen LogP contribution in [0.5, 0.6) is 0 Å². The molecule has 4 heteroatoms. The summed E-state index contributed by atoms with van der Waals surface area (Å²) in [5.41, 5.74) is 6.02. The first-order chi connectivity index (χ1) is 8.20. The Morgan fingerprint density at radius 3 is 2.53 bits per heavy atom. The van der Waals surface area contributed by atoms with E-state index in [1.165, 1.54) is 6.07 Å². The lowest BCUT2D eigenvalue weighted by atomic mass is 10.2. The molecule has 2 N–H and O–H groups in total. The second-order valence-corrected chi connectivity index (χ2v) is 3.88. The Labute approximate surface area is 99.6 Å². The van der Waals surface area contributed by atoms with Crippen molar-refractivity contribution >= 4 is 5.69 Å². The molecule has 0 atom stereocenters. The van der Waals surface area contributed by atoms with Crippen molar-refractivity contribution in [2.24, 2.45) is 5.73 Å². The van der Waals surface area contributed by atoms with Gasteiger partial charge in [0, 0.05) is 7.05 Å². The molecule has 0 saturated carbocycles. The van der Waals surface area contributed by atoms with Crippen molar-refractivity contribution in [3.8, 4) is 0 Å². The molecule has 0 bridgehead atoms. The van der Waals surface area contributed by atoms with Gasteiger partial charge >= 0.3 is 0 Å². The molecule has 2 aromatic rings. The minimum atomic E-state index is -0.236. The number of rotatable bonds is 4. The predicted octanol–water partition coefficient (Wildman–Crippen LogP) is 2.51. The van der Waals surface area contributed by atoms with Gasteiger partial charge in [-0.15, -0.1) is 0 Å². The normalized spacial score (nSPS) is 10.5. The molecule has 0 aliphatic carbocycles. The minimum Gasteiger partial charge on any atom is -0.463 e. The highest BCUT2D eigenvalue weighted by molar-refractivity contribution is 5.46. The van der Waals surface area contributed by atoms with Gasteiger partial charge < -0.3 is 15.1 Å². The number of furan rings is 1. The average Bonchev–Trinajstić information content (AvgIpc) is 2.77. The topological polar surface area (TPSA) is 42.4 Å². The zero-order chi connectivity index (χ0) is 12.3. The van der Waals surface area contributed by atoms with Gasteiger partial charge in [0.1, 0.15) is 17.3 Å². The fourth-order valence-electron chi connectivity index (χ4n) is 1.70. The van der Waals surface area contributed by atoms with E-state index in [0.29, 0.717) is 18.8 Å². The predicted molar refractivity (Wildman–Crippen MR) is 65.1 cm³/mol. The molecule has 3 nitrogen and oxygen atoms in total. The summed E-state index contributed by atoms with van der Waals surface area (Å²) in [7, 11) is 1.82. The van der Waals surface area contributed by atoms with Crippen LogP contribution in [-0.2, 0) is 13.1 Å². The molecule has 1 aromatic heterocycles. The molecule has 2 rings (SSSR count). The maximum atomic E-state index is 13.5. The van der Waals surface area contributed by atoms with Crippen molar-refractivity contribution in [2.75, 3.05) is 11.9 Å². The van der Waals surface area contributed by atoms with Crippen LogP contribution in [0, 0.1) is 5.82 Å². The van der Waals surface area contributed by atoms with Crippen molar-refractivity contribution in [2.45, 2.75) is 13.1 Å². The minimum absolute atomic E-state index is 0.236. The van der Waals surface area contributed by atoms with Crippen molar-refractivity contribution in [1.82, 2.24) is 0 Å². The average molecular weight is 234 g/mol. The first-order valence-corrected chi connectivity index (χ1v) is 5.44. The van der Waals surface area contributed by atoms with E-state index in [0.717, 1.165) is 11.5 Å². The van der Waals surface area contributed by atoms with E-state index in [4.69, 9.17) is 10.2 Å². The van der Waals surface area contributed by atoms with E-state index < -0.39 is 0 Å². The monoisotopic (exact) mass is 234 g/mol. The summed E-state index contributed by atoms with van der Waals surface area (Å²) < 4.78 is 19.0. The second-order valence-electron chi connectivity index (χ2n) is 3.88. The molecule has 1 heterocycles. The maximum absolute atomic E-state index is 13.5. The van der Waals surface area contributed by atoms with Gasteiger partial charge in [-0.05, 0) is 24.3 Å². The SMILES string of the molecule is CN(Cc1ccc(CN)o1)c1ccccc1F.